The average molecular weight is 1460 g/mol. The molecule has 0 aliphatic rings. The smallest absolute Gasteiger partial charge is 1.00 e. The summed E-state index contributed by atoms with van der Waals surface area (Å²) in [5, 5.41) is 34.1. The van der Waals surface area contributed by atoms with Crippen LogP contribution < -0.4 is 141 Å². The minimum atomic E-state index is -1.02. The zero-order valence-electron chi connectivity index (χ0n) is 50.9. The van der Waals surface area contributed by atoms with Crippen LogP contribution >= 0.6 is 46.4 Å². The molecule has 0 radical (unpaired) electrons. The molecule has 94 heavy (non-hydrogen) atoms. The number of fused-ring (bicyclic) bond motifs is 2. The van der Waals surface area contributed by atoms with Gasteiger partial charge in [0.1, 0.15) is 36.3 Å². The van der Waals surface area contributed by atoms with E-state index in [9.17, 15) is 59.9 Å². The molecule has 0 saturated carbocycles. The van der Waals surface area contributed by atoms with Crippen molar-refractivity contribution in [3.63, 3.8) is 0 Å². The molecule has 7 aromatic rings. The van der Waals surface area contributed by atoms with Crippen molar-refractivity contribution in [3.8, 4) is 0 Å². The number of nitrogens with one attached hydrogen (secondary N) is 3. The van der Waals surface area contributed by atoms with Gasteiger partial charge in [0, 0.05) is 48.0 Å². The molecule has 2 heterocycles. The molecule has 22 nitrogen and oxygen atoms in total. The number of Topliss-reactive ketones (excluding diaryl/α,β-unsaturated/α-hetero) is 1. The topological polar surface area (TPSA) is 342 Å². The van der Waals surface area contributed by atoms with Crippen molar-refractivity contribution in [1.29, 1.82) is 0 Å². The molecule has 0 saturated heterocycles. The van der Waals surface area contributed by atoms with Crippen LogP contribution in [0.3, 0.4) is 0 Å². The largest absolute Gasteiger partial charge is 1.00 e. The van der Waals surface area contributed by atoms with Gasteiger partial charge in [0.05, 0.1) is 65.1 Å². The Labute approximate surface area is 645 Å². The summed E-state index contributed by atoms with van der Waals surface area (Å²) in [6, 6.07) is 27.4. The summed E-state index contributed by atoms with van der Waals surface area (Å²) >= 11 is 22.2. The van der Waals surface area contributed by atoms with E-state index in [2.05, 4.69) is 31.0 Å². The third kappa shape index (κ3) is 34.2. The van der Waals surface area contributed by atoms with Crippen LogP contribution in [0, 0.1) is 17.5 Å². The first-order chi connectivity index (χ1) is 43.0. The number of carbonyl (C=O) groups is 8. The van der Waals surface area contributed by atoms with E-state index in [0.717, 1.165) is 0 Å². The predicted molar refractivity (Wildman–Crippen MR) is 338 cm³/mol. The third-order valence-electron chi connectivity index (χ3n) is 11.6. The fourth-order valence-electron chi connectivity index (χ4n) is 7.36. The summed E-state index contributed by atoms with van der Waals surface area (Å²) in [5.74, 6) is -5.48. The Bertz CT molecular complexity index is 3480. The summed E-state index contributed by atoms with van der Waals surface area (Å²) in [6.45, 7) is -1.54. The summed E-state index contributed by atoms with van der Waals surface area (Å²) in [4.78, 5) is 93.4. The fourth-order valence-corrected chi connectivity index (χ4v) is 8.08. The monoisotopic (exact) mass is 1460 g/mol. The van der Waals surface area contributed by atoms with Gasteiger partial charge in [0.25, 0.3) is 18.3 Å². The number of ketones is 1. The zero-order chi connectivity index (χ0) is 67.1. The second-order valence-electron chi connectivity index (χ2n) is 18.1. The molecule has 0 aliphatic carbocycles. The summed E-state index contributed by atoms with van der Waals surface area (Å²) < 4.78 is 78.8. The normalized spacial score (nSPS) is 9.79. The number of aryl methyl sites for hydroxylation is 1. The number of carboxylic acids is 1. The van der Waals surface area contributed by atoms with E-state index in [-0.39, 0.29) is 240 Å². The van der Waals surface area contributed by atoms with Crippen molar-refractivity contribution in [2.75, 3.05) is 58.6 Å². The van der Waals surface area contributed by atoms with Gasteiger partial charge < -0.3 is 54.7 Å². The maximum Gasteiger partial charge on any atom is 1.00 e. The Morgan fingerprint density at radius 3 is 1.48 bits per heavy atom. The summed E-state index contributed by atoms with van der Waals surface area (Å²) in [6.07, 6.45) is 1.50. The van der Waals surface area contributed by atoms with Gasteiger partial charge in [-0.2, -0.15) is 10.2 Å². The molecule has 5 aromatic carbocycles. The van der Waals surface area contributed by atoms with Gasteiger partial charge in [-0.1, -0.05) is 122 Å². The van der Waals surface area contributed by atoms with Gasteiger partial charge in [0.15, 0.2) is 11.4 Å². The van der Waals surface area contributed by atoms with Gasteiger partial charge in [-0.3, -0.25) is 60.9 Å². The first-order valence-corrected chi connectivity index (χ1v) is 28.4. The molecule has 0 bridgehead atoms. The van der Waals surface area contributed by atoms with Crippen molar-refractivity contribution >= 4 is 116 Å². The number of aliphatic carboxylic acids is 1. The molecular formula is C60H73Cl4F6K2N11O11. The molecule has 0 unspecified atom stereocenters. The van der Waals surface area contributed by atoms with Crippen LogP contribution in [0.1, 0.15) is 79.6 Å². The maximum atomic E-state index is 14.0. The van der Waals surface area contributed by atoms with Crippen LogP contribution in [0.4, 0.5) is 26.3 Å². The van der Waals surface area contributed by atoms with E-state index < -0.39 is 60.4 Å². The minimum Gasteiger partial charge on any atom is -1.00 e. The zero-order valence-corrected chi connectivity index (χ0v) is 59.2. The molecule has 10 N–H and O–H groups in total. The third-order valence-corrected chi connectivity index (χ3v) is 12.8. The SMILES string of the molecule is C.C.NC(=O)c1nn(CC(=O)N(CCCF)CC(=O)NCc2cccc(Cl)c2F)c2ccccc12.NC(=O)c1nn(CC(=O)O)c2ccccc12.NCCCF.O=C(CCl)CCc1cccc(Cl)c1F.O=C(CNCCCF)NCc1cccc(Cl)c1F.O=CO[O-].[H-].[K+].[K+]. The van der Waals surface area contributed by atoms with Gasteiger partial charge in [-0.05, 0) is 74.7 Å². The fraction of sp³-hybridized carbons (Fsp3) is 0.333. The van der Waals surface area contributed by atoms with Crippen molar-refractivity contribution in [3.05, 3.63) is 164 Å². The minimum absolute atomic E-state index is 0. The summed E-state index contributed by atoms with van der Waals surface area (Å²) in [7, 11) is 0. The number of carbonyl (C=O) groups excluding carboxylic acids is 7. The molecule has 7 rings (SSSR count). The Hall–Kier alpha value is -5.11. The van der Waals surface area contributed by atoms with Gasteiger partial charge >= 0.3 is 109 Å². The van der Waals surface area contributed by atoms with Crippen molar-refractivity contribution in [2.24, 2.45) is 17.2 Å². The number of para-hydroxylation sites is 2. The number of hydrogen-bond acceptors (Lipinski definition) is 14. The molecule has 34 heteroatoms. The van der Waals surface area contributed by atoms with Crippen LogP contribution in [0.25, 0.3) is 21.8 Å². The van der Waals surface area contributed by atoms with Gasteiger partial charge in [0.2, 0.25) is 17.7 Å². The standard InChI is InChI=1S/C22H22ClF2N5O3.C12H15ClF2N2O.C10H9Cl2FO.C10H9N3O3.C3H8FN.CH2O3.2CH4.2K.H/c23-16-7-3-5-14(20(16)25)11-27-18(31)12-29(10-4-9-24)19(32)13-30-17-8-2-1-6-15(17)21(28-30)22(26)33;13-10-4-1-3-9(12(10)15)7-17-11(18)8-16-6-2-5-14;11-6-8(14)5-4-7-2-1-3-9(12)10(7)13;11-10(16)9-6-3-1-2-4-7(6)13(12-9)5-8(14)15;4-2-1-3-5;2-1-4-3;;;;;/h1-3,5-8H,4,9-13H2,(H2,26,33)(H,27,31);1,3-4,16H,2,5-8H2,(H,17,18);1-3H,4-6H2;1-4H,5H2,(H2,11,16)(H,14,15);1-3,5H2;1,3H;2*1H4;;;/q;;;;;;;;2*+1;-1/p-1. The molecule has 506 valence electrons. The molecule has 5 amide bonds. The Morgan fingerprint density at radius 2 is 1.07 bits per heavy atom. The second kappa shape index (κ2) is 53.0. The molecular weight excluding hydrogens is 1380 g/mol. The number of nitrogens with two attached hydrogens (primary N) is 3. The van der Waals surface area contributed by atoms with E-state index in [1.165, 1.54) is 38.5 Å². The van der Waals surface area contributed by atoms with E-state index in [1.54, 1.807) is 78.9 Å². The summed E-state index contributed by atoms with van der Waals surface area (Å²) in [5.41, 5.74) is 17.6. The first kappa shape index (κ1) is 93.1. The number of benzene rings is 5. The number of nitrogens with zero attached hydrogens (tertiary/aromatic N) is 5. The molecule has 0 atom stereocenters. The van der Waals surface area contributed by atoms with Gasteiger partial charge in [-0.15, -0.1) is 11.6 Å². The number of carboxylic acid groups (broad SMARTS) is 1. The quantitative estimate of drug-likeness (QED) is 0.00737. The van der Waals surface area contributed by atoms with Crippen LogP contribution in [0.2, 0.25) is 15.1 Å². The van der Waals surface area contributed by atoms with E-state index in [1.807, 2.05) is 0 Å². The maximum absolute atomic E-state index is 14.0. The number of amides is 5. The number of aromatic nitrogens is 4. The van der Waals surface area contributed by atoms with E-state index >= 15 is 0 Å². The molecule has 0 fully saturated rings. The van der Waals surface area contributed by atoms with E-state index in [0.29, 0.717) is 65.3 Å². The van der Waals surface area contributed by atoms with Crippen LogP contribution in [0.5, 0.6) is 0 Å². The van der Waals surface area contributed by atoms with Gasteiger partial charge in [-0.25, -0.2) is 13.2 Å². The number of hydrogen-bond donors (Lipinski definition) is 7. The van der Waals surface area contributed by atoms with Crippen molar-refractivity contribution < 1.29 is 184 Å². The Kier molecular flexibility index (Phi) is 52.5. The second-order valence-corrected chi connectivity index (χ2v) is 19.6. The van der Waals surface area contributed by atoms with Crippen LogP contribution in [-0.2, 0) is 66.3 Å². The Balaban J connectivity index is -0.000000575. The average Bonchev–Trinajstić information content (AvgIpc) is 1.66. The van der Waals surface area contributed by atoms with Crippen molar-refractivity contribution in [1.82, 2.24) is 40.4 Å². The van der Waals surface area contributed by atoms with Crippen LogP contribution in [-0.4, -0.2) is 136 Å². The number of halogens is 10. The number of rotatable bonds is 27. The Morgan fingerprint density at radius 1 is 0.649 bits per heavy atom. The number of alkyl halides is 4. The number of primary amides is 2. The van der Waals surface area contributed by atoms with Crippen molar-refractivity contribution in [2.45, 2.75) is 73.1 Å². The molecule has 2 aromatic heterocycles. The predicted octanol–water partition coefficient (Wildman–Crippen LogP) is 2.05. The van der Waals surface area contributed by atoms with Crippen LogP contribution in [0.15, 0.2) is 103 Å². The first-order valence-electron chi connectivity index (χ1n) is 26.7. The van der Waals surface area contributed by atoms with E-state index in [4.69, 9.17) is 78.8 Å². The molecule has 0 aliphatic heterocycles. The molecule has 0 spiro atoms.